The number of aliphatic hydroxyl groups is 1. The molecule has 0 fully saturated rings. The third kappa shape index (κ3) is 8.39. The van der Waals surface area contributed by atoms with Gasteiger partial charge in [0.05, 0.1) is 12.3 Å². The van der Waals surface area contributed by atoms with Gasteiger partial charge in [0.1, 0.15) is 5.84 Å². The lowest BCUT2D eigenvalue weighted by Crippen LogP contribution is -2.34. The monoisotopic (exact) mass is 532 g/mol. The van der Waals surface area contributed by atoms with Crippen molar-refractivity contribution in [2.24, 2.45) is 10.7 Å². The molecule has 1 heterocycles. The van der Waals surface area contributed by atoms with Gasteiger partial charge in [0.15, 0.2) is 6.29 Å². The molecule has 7 nitrogen and oxygen atoms in total. The van der Waals surface area contributed by atoms with E-state index in [9.17, 15) is 14.7 Å². The molecule has 0 aromatic heterocycles. The van der Waals surface area contributed by atoms with E-state index in [1.165, 1.54) is 0 Å². The van der Waals surface area contributed by atoms with Gasteiger partial charge in [0.2, 0.25) is 5.91 Å². The summed E-state index contributed by atoms with van der Waals surface area (Å²) in [7, 11) is 1.88. The summed E-state index contributed by atoms with van der Waals surface area (Å²) in [4.78, 5) is 33.3. The minimum Gasteiger partial charge on any atom is -0.394 e. The average molecular weight is 533 g/mol. The number of amidine groups is 1. The Morgan fingerprint density at radius 2 is 1.72 bits per heavy atom. The normalized spacial score (nSPS) is 13.3. The number of benzene rings is 2. The van der Waals surface area contributed by atoms with E-state index in [1.54, 1.807) is 6.07 Å². The van der Waals surface area contributed by atoms with Gasteiger partial charge in [0.25, 0.3) is 0 Å². The summed E-state index contributed by atoms with van der Waals surface area (Å²) in [5.74, 6) is 0.421. The van der Waals surface area contributed by atoms with E-state index in [1.807, 2.05) is 86.3 Å². The number of carbonyl (C=O) groups is 2. The van der Waals surface area contributed by atoms with Crippen molar-refractivity contribution in [3.8, 4) is 11.1 Å². The van der Waals surface area contributed by atoms with Gasteiger partial charge >= 0.3 is 0 Å². The molecule has 0 aliphatic carbocycles. The fourth-order valence-corrected chi connectivity index (χ4v) is 4.24. The van der Waals surface area contributed by atoms with Crippen LogP contribution in [0.5, 0.6) is 0 Å². The zero-order valence-electron chi connectivity index (χ0n) is 24.3. The number of fused-ring (bicyclic) bond motifs is 1. The smallest absolute Gasteiger partial charge is 0.250 e. The highest BCUT2D eigenvalue weighted by molar-refractivity contribution is 6.05. The van der Waals surface area contributed by atoms with Crippen molar-refractivity contribution >= 4 is 35.9 Å². The second-order valence-corrected chi connectivity index (χ2v) is 9.49. The topological polar surface area (TPSA) is 99.2 Å². The van der Waals surface area contributed by atoms with Crippen LogP contribution >= 0.6 is 0 Å². The summed E-state index contributed by atoms with van der Waals surface area (Å²) >= 11 is 0. The molecule has 0 spiro atoms. The van der Waals surface area contributed by atoms with E-state index >= 15 is 0 Å². The fourth-order valence-electron chi connectivity index (χ4n) is 4.24. The Hall–Kier alpha value is -3.71. The SMILES string of the molecule is CC.CCCN(CCC)C(=O)C1=Cc2ccc(-c3ccc(C=O)c(/C=C\N(C)C(C)CO)c3)cc2N=C(N)C1. The molecule has 0 radical (unpaired) electrons. The third-order valence-electron chi connectivity index (χ3n) is 6.54. The van der Waals surface area contributed by atoms with Crippen molar-refractivity contribution in [1.29, 1.82) is 0 Å². The maximum absolute atomic E-state index is 13.2. The van der Waals surface area contributed by atoms with Gasteiger partial charge in [0, 0.05) is 49.3 Å². The zero-order chi connectivity index (χ0) is 28.9. The number of aldehydes is 1. The molecule has 39 heavy (non-hydrogen) atoms. The molecule has 1 unspecified atom stereocenters. The molecule has 1 aliphatic heterocycles. The molecule has 0 saturated carbocycles. The lowest BCUT2D eigenvalue weighted by atomic mass is 9.97. The van der Waals surface area contributed by atoms with Crippen LogP contribution in [0.2, 0.25) is 0 Å². The van der Waals surface area contributed by atoms with Crippen LogP contribution in [0.1, 0.15) is 75.4 Å². The minimum absolute atomic E-state index is 0.0140. The first-order valence-electron chi connectivity index (χ1n) is 13.9. The fraction of sp³-hybridized carbons (Fsp3) is 0.406. The van der Waals surface area contributed by atoms with Crippen molar-refractivity contribution in [2.75, 3.05) is 26.7 Å². The number of aliphatic hydroxyl groups excluding tert-OH is 1. The second kappa shape index (κ2) is 15.6. The van der Waals surface area contributed by atoms with Gasteiger partial charge in [-0.1, -0.05) is 52.0 Å². The van der Waals surface area contributed by atoms with Gasteiger partial charge < -0.3 is 20.6 Å². The Morgan fingerprint density at radius 1 is 1.08 bits per heavy atom. The van der Waals surface area contributed by atoms with Crippen LogP contribution in [-0.2, 0) is 4.79 Å². The average Bonchev–Trinajstić information content (AvgIpc) is 3.13. The number of hydrogen-bond acceptors (Lipinski definition) is 6. The molecule has 2 aromatic carbocycles. The third-order valence-corrected chi connectivity index (χ3v) is 6.54. The van der Waals surface area contributed by atoms with E-state index in [0.29, 0.717) is 29.1 Å². The molecular weight excluding hydrogens is 488 g/mol. The highest BCUT2D eigenvalue weighted by Crippen LogP contribution is 2.33. The molecule has 1 amide bonds. The van der Waals surface area contributed by atoms with E-state index in [-0.39, 0.29) is 18.6 Å². The molecule has 7 heteroatoms. The van der Waals surface area contributed by atoms with Crippen molar-refractivity contribution in [3.63, 3.8) is 0 Å². The van der Waals surface area contributed by atoms with E-state index in [2.05, 4.69) is 18.8 Å². The zero-order valence-corrected chi connectivity index (χ0v) is 24.3. The second-order valence-electron chi connectivity index (χ2n) is 9.49. The Balaban J connectivity index is 0.00000260. The lowest BCUT2D eigenvalue weighted by molar-refractivity contribution is -0.127. The number of aliphatic imine (C=N–C) groups is 1. The summed E-state index contributed by atoms with van der Waals surface area (Å²) in [5.41, 5.74) is 11.7. The summed E-state index contributed by atoms with van der Waals surface area (Å²) in [6.07, 6.45) is 8.60. The van der Waals surface area contributed by atoms with Crippen molar-refractivity contribution in [2.45, 2.75) is 59.9 Å². The van der Waals surface area contributed by atoms with Crippen molar-refractivity contribution < 1.29 is 14.7 Å². The predicted octanol–water partition coefficient (Wildman–Crippen LogP) is 5.90. The summed E-state index contributed by atoms with van der Waals surface area (Å²) in [6, 6.07) is 11.6. The number of hydrogen-bond donors (Lipinski definition) is 2. The molecule has 210 valence electrons. The van der Waals surface area contributed by atoms with Crippen LogP contribution in [0.4, 0.5) is 5.69 Å². The van der Waals surface area contributed by atoms with E-state index in [4.69, 9.17) is 5.73 Å². The van der Waals surface area contributed by atoms with Crippen LogP contribution in [0.25, 0.3) is 23.3 Å². The molecule has 3 N–H and O–H groups in total. The molecule has 1 aliphatic rings. The summed E-state index contributed by atoms with van der Waals surface area (Å²) in [6.45, 7) is 11.5. The number of rotatable bonds is 11. The quantitative estimate of drug-likeness (QED) is 0.351. The van der Waals surface area contributed by atoms with Gasteiger partial charge in [-0.25, -0.2) is 4.99 Å². The van der Waals surface area contributed by atoms with Crippen LogP contribution < -0.4 is 5.73 Å². The maximum atomic E-state index is 13.2. The summed E-state index contributed by atoms with van der Waals surface area (Å²) in [5, 5.41) is 9.38. The molecule has 1 atom stereocenters. The standard InChI is InChI=1S/C30H38N4O3.C2H6/c1-5-12-34(13-6-2)30(37)27-16-25-9-7-23(17-28(25)32-29(31)18-27)22-8-10-26(20-36)24(15-22)11-14-33(4)21(3)19-35;1-2/h7-11,14-17,20-21,35H,5-6,12-13,18-19H2,1-4H3,(H2,31,32);1-2H3/b14-11-;. The van der Waals surface area contributed by atoms with Crippen molar-refractivity contribution in [1.82, 2.24) is 9.80 Å². The first kappa shape index (κ1) is 31.5. The maximum Gasteiger partial charge on any atom is 0.250 e. The Morgan fingerprint density at radius 3 is 2.33 bits per heavy atom. The van der Waals surface area contributed by atoms with Crippen molar-refractivity contribution in [3.05, 3.63) is 64.9 Å². The molecule has 3 rings (SSSR count). The first-order valence-corrected chi connectivity index (χ1v) is 13.9. The van der Waals surface area contributed by atoms with Gasteiger partial charge in [-0.05, 0) is 66.9 Å². The summed E-state index contributed by atoms with van der Waals surface area (Å²) < 4.78 is 0. The van der Waals surface area contributed by atoms with E-state index in [0.717, 1.165) is 54.5 Å². The van der Waals surface area contributed by atoms with Crippen LogP contribution in [0.15, 0.2) is 53.2 Å². The number of nitrogens with zero attached hydrogens (tertiary/aromatic N) is 3. The number of likely N-dealkylation sites (N-methyl/N-ethyl adjacent to an activating group) is 1. The largest absolute Gasteiger partial charge is 0.394 e. The molecule has 0 saturated heterocycles. The molecular formula is C32H44N4O3. The van der Waals surface area contributed by atoms with Gasteiger partial charge in [-0.15, -0.1) is 0 Å². The lowest BCUT2D eigenvalue weighted by Gasteiger charge is -2.22. The highest BCUT2D eigenvalue weighted by atomic mass is 16.3. The molecule has 2 aromatic rings. The number of carbonyl (C=O) groups excluding carboxylic acids is 2. The Labute approximate surface area is 233 Å². The highest BCUT2D eigenvalue weighted by Gasteiger charge is 2.21. The number of nitrogens with two attached hydrogens (primary N) is 1. The predicted molar refractivity (Wildman–Crippen MR) is 163 cm³/mol. The minimum atomic E-state index is -0.0344. The van der Waals surface area contributed by atoms with E-state index < -0.39 is 0 Å². The van der Waals surface area contributed by atoms with Crippen LogP contribution in [0.3, 0.4) is 0 Å². The van der Waals surface area contributed by atoms with Crippen LogP contribution in [-0.4, -0.2) is 65.7 Å². The van der Waals surface area contributed by atoms with Crippen LogP contribution in [0, 0.1) is 0 Å². The van der Waals surface area contributed by atoms with Gasteiger partial charge in [-0.3, -0.25) is 9.59 Å². The first-order chi connectivity index (χ1) is 18.8. The Kier molecular flexibility index (Phi) is 12.6. The Bertz CT molecular complexity index is 1210. The van der Waals surface area contributed by atoms with Gasteiger partial charge in [-0.2, -0.15) is 0 Å². The number of amides is 1. The molecule has 0 bridgehead atoms.